The largest absolute Gasteiger partial charge is 0.471 e. The van der Waals surface area contributed by atoms with Crippen molar-refractivity contribution in [1.29, 1.82) is 0 Å². The molecule has 0 aromatic carbocycles. The van der Waals surface area contributed by atoms with Gasteiger partial charge in [-0.1, -0.05) is 0 Å². The van der Waals surface area contributed by atoms with Gasteiger partial charge in [0.05, 0.1) is 24.2 Å². The molecule has 1 aromatic heterocycles. The number of ether oxygens (including phenoxy) is 2. The first-order valence-electron chi connectivity index (χ1n) is 6.44. The SMILES string of the molecule is CC1(C)CC(=O)c2cnn(C3CCOCC3)c2O1. The van der Waals surface area contributed by atoms with Crippen LogP contribution in [0.5, 0.6) is 5.88 Å². The Morgan fingerprint density at radius 2 is 2.11 bits per heavy atom. The monoisotopic (exact) mass is 250 g/mol. The fourth-order valence-electron chi connectivity index (χ4n) is 2.61. The first-order valence-corrected chi connectivity index (χ1v) is 6.44. The normalized spacial score (nSPS) is 23.6. The lowest BCUT2D eigenvalue weighted by Gasteiger charge is -2.32. The summed E-state index contributed by atoms with van der Waals surface area (Å²) in [5.41, 5.74) is 0.188. The average molecular weight is 250 g/mol. The number of fused-ring (bicyclic) bond motifs is 1. The fraction of sp³-hybridized carbons (Fsp3) is 0.692. The van der Waals surface area contributed by atoms with Gasteiger partial charge >= 0.3 is 0 Å². The lowest BCUT2D eigenvalue weighted by atomic mass is 9.95. The molecule has 0 unspecified atom stereocenters. The zero-order valence-electron chi connectivity index (χ0n) is 10.8. The fourth-order valence-corrected chi connectivity index (χ4v) is 2.61. The van der Waals surface area contributed by atoms with Crippen molar-refractivity contribution in [2.45, 2.75) is 44.8 Å². The third-order valence-electron chi connectivity index (χ3n) is 3.55. The van der Waals surface area contributed by atoms with Crippen molar-refractivity contribution >= 4 is 5.78 Å². The molecular weight excluding hydrogens is 232 g/mol. The van der Waals surface area contributed by atoms with Crippen LogP contribution in [0.15, 0.2) is 6.20 Å². The Hall–Kier alpha value is -1.36. The van der Waals surface area contributed by atoms with Crippen LogP contribution in [-0.2, 0) is 4.74 Å². The smallest absolute Gasteiger partial charge is 0.223 e. The van der Waals surface area contributed by atoms with E-state index in [2.05, 4.69) is 5.10 Å². The van der Waals surface area contributed by atoms with Crippen LogP contribution in [0.25, 0.3) is 0 Å². The van der Waals surface area contributed by atoms with E-state index in [4.69, 9.17) is 9.47 Å². The summed E-state index contributed by atoms with van der Waals surface area (Å²) in [7, 11) is 0. The Morgan fingerprint density at radius 3 is 2.83 bits per heavy atom. The first-order chi connectivity index (χ1) is 8.57. The summed E-state index contributed by atoms with van der Waals surface area (Å²) in [6.07, 6.45) is 3.90. The van der Waals surface area contributed by atoms with Crippen LogP contribution in [0, 0.1) is 0 Å². The molecule has 0 bridgehead atoms. The van der Waals surface area contributed by atoms with Gasteiger partial charge in [-0.3, -0.25) is 4.79 Å². The van der Waals surface area contributed by atoms with E-state index in [1.54, 1.807) is 6.20 Å². The van der Waals surface area contributed by atoms with Crippen molar-refractivity contribution in [3.63, 3.8) is 0 Å². The second-order valence-electron chi connectivity index (χ2n) is 5.61. The van der Waals surface area contributed by atoms with Crippen LogP contribution in [0.1, 0.15) is 49.5 Å². The number of carbonyl (C=O) groups is 1. The highest BCUT2D eigenvalue weighted by atomic mass is 16.5. The molecule has 3 heterocycles. The second kappa shape index (κ2) is 4.09. The van der Waals surface area contributed by atoms with Crippen LogP contribution in [0.2, 0.25) is 0 Å². The molecule has 1 aromatic rings. The third kappa shape index (κ3) is 1.92. The molecule has 5 heteroatoms. The number of nitrogens with zero attached hydrogens (tertiary/aromatic N) is 2. The Labute approximate surface area is 106 Å². The van der Waals surface area contributed by atoms with Gasteiger partial charge in [0.25, 0.3) is 0 Å². The van der Waals surface area contributed by atoms with Gasteiger partial charge in [-0.05, 0) is 26.7 Å². The van der Waals surface area contributed by atoms with Gasteiger partial charge < -0.3 is 9.47 Å². The van der Waals surface area contributed by atoms with Gasteiger partial charge in [-0.25, -0.2) is 4.68 Å². The molecule has 98 valence electrons. The quantitative estimate of drug-likeness (QED) is 0.764. The number of carbonyl (C=O) groups excluding carboxylic acids is 1. The van der Waals surface area contributed by atoms with Crippen LogP contribution in [0.3, 0.4) is 0 Å². The minimum absolute atomic E-state index is 0.125. The van der Waals surface area contributed by atoms with Gasteiger partial charge in [-0.15, -0.1) is 0 Å². The van der Waals surface area contributed by atoms with Crippen molar-refractivity contribution in [2.75, 3.05) is 13.2 Å². The van der Waals surface area contributed by atoms with E-state index >= 15 is 0 Å². The predicted molar refractivity (Wildman–Crippen MR) is 65.0 cm³/mol. The zero-order chi connectivity index (χ0) is 12.8. The summed E-state index contributed by atoms with van der Waals surface area (Å²) in [5, 5.41) is 4.35. The van der Waals surface area contributed by atoms with E-state index in [0.29, 0.717) is 17.9 Å². The first kappa shape index (κ1) is 11.7. The molecular formula is C13H18N2O3. The van der Waals surface area contributed by atoms with E-state index in [1.807, 2.05) is 18.5 Å². The highest BCUT2D eigenvalue weighted by Crippen LogP contribution is 2.36. The van der Waals surface area contributed by atoms with Crippen molar-refractivity contribution in [2.24, 2.45) is 0 Å². The number of rotatable bonds is 1. The van der Waals surface area contributed by atoms with Gasteiger partial charge in [0, 0.05) is 13.2 Å². The third-order valence-corrected chi connectivity index (χ3v) is 3.55. The lowest BCUT2D eigenvalue weighted by molar-refractivity contribution is 0.0416. The van der Waals surface area contributed by atoms with Crippen LogP contribution in [-0.4, -0.2) is 34.4 Å². The maximum atomic E-state index is 12.0. The summed E-state index contributed by atoms with van der Waals surface area (Å²) in [6.45, 7) is 5.37. The van der Waals surface area contributed by atoms with Crippen molar-refractivity contribution in [3.05, 3.63) is 11.8 Å². The standard InChI is InChI=1S/C13H18N2O3/c1-13(2)7-11(16)10-8-14-15(12(10)18-13)9-3-5-17-6-4-9/h8-9H,3-7H2,1-2H3. The van der Waals surface area contributed by atoms with Gasteiger partial charge in [0.1, 0.15) is 5.60 Å². The van der Waals surface area contributed by atoms with E-state index in [9.17, 15) is 4.79 Å². The summed E-state index contributed by atoms with van der Waals surface area (Å²) in [5.74, 6) is 0.766. The summed E-state index contributed by atoms with van der Waals surface area (Å²) >= 11 is 0. The molecule has 1 fully saturated rings. The van der Waals surface area contributed by atoms with Gasteiger partial charge in [-0.2, -0.15) is 5.10 Å². The van der Waals surface area contributed by atoms with Crippen LogP contribution in [0.4, 0.5) is 0 Å². The maximum absolute atomic E-state index is 12.0. The molecule has 0 radical (unpaired) electrons. The molecule has 0 spiro atoms. The minimum Gasteiger partial charge on any atom is -0.471 e. The zero-order valence-corrected chi connectivity index (χ0v) is 10.8. The van der Waals surface area contributed by atoms with E-state index in [1.165, 1.54) is 0 Å². The van der Waals surface area contributed by atoms with Gasteiger partial charge in [0.2, 0.25) is 5.88 Å². The molecule has 0 aliphatic carbocycles. The Balaban J connectivity index is 1.96. The molecule has 2 aliphatic heterocycles. The molecule has 5 nitrogen and oxygen atoms in total. The molecule has 1 saturated heterocycles. The van der Waals surface area contributed by atoms with E-state index in [0.717, 1.165) is 26.1 Å². The van der Waals surface area contributed by atoms with Crippen molar-refractivity contribution in [3.8, 4) is 5.88 Å². The summed E-state index contributed by atoms with van der Waals surface area (Å²) in [4.78, 5) is 12.0. The van der Waals surface area contributed by atoms with Crippen LogP contribution >= 0.6 is 0 Å². The number of ketones is 1. The minimum atomic E-state index is -0.437. The number of Topliss-reactive ketones (excluding diaryl/α,β-unsaturated/α-hetero) is 1. The van der Waals surface area contributed by atoms with E-state index < -0.39 is 5.60 Å². The topological polar surface area (TPSA) is 53.4 Å². The molecule has 3 rings (SSSR count). The lowest BCUT2D eigenvalue weighted by Crippen LogP contribution is -2.37. The highest BCUT2D eigenvalue weighted by Gasteiger charge is 2.36. The van der Waals surface area contributed by atoms with Crippen LogP contribution < -0.4 is 4.74 Å². The van der Waals surface area contributed by atoms with Crippen molar-refractivity contribution in [1.82, 2.24) is 9.78 Å². The maximum Gasteiger partial charge on any atom is 0.223 e. The number of hydrogen-bond acceptors (Lipinski definition) is 4. The molecule has 0 amide bonds. The highest BCUT2D eigenvalue weighted by molar-refractivity contribution is 5.99. The molecule has 0 saturated carbocycles. The number of aromatic nitrogens is 2. The molecule has 0 N–H and O–H groups in total. The Kier molecular flexibility index (Phi) is 2.66. The molecule has 2 aliphatic rings. The predicted octanol–water partition coefficient (Wildman–Crippen LogP) is 1.98. The Bertz CT molecular complexity index is 473. The average Bonchev–Trinajstić information content (AvgIpc) is 2.72. The second-order valence-corrected chi connectivity index (χ2v) is 5.61. The van der Waals surface area contributed by atoms with Gasteiger partial charge in [0.15, 0.2) is 5.78 Å². The Morgan fingerprint density at radius 1 is 1.39 bits per heavy atom. The molecule has 0 atom stereocenters. The van der Waals surface area contributed by atoms with Crippen molar-refractivity contribution < 1.29 is 14.3 Å². The summed E-state index contributed by atoms with van der Waals surface area (Å²) < 4.78 is 13.2. The summed E-state index contributed by atoms with van der Waals surface area (Å²) in [6, 6.07) is 0.282. The molecule has 18 heavy (non-hydrogen) atoms. The number of hydrogen-bond donors (Lipinski definition) is 0. The van der Waals surface area contributed by atoms with E-state index in [-0.39, 0.29) is 11.8 Å².